The molecule has 12 atom stereocenters. The zero-order valence-electron chi connectivity index (χ0n) is 22.1. The molecule has 3 heterocycles. The van der Waals surface area contributed by atoms with E-state index < -0.39 is 88.9 Å². The smallest absolute Gasteiger partial charge is 0.314 e. The van der Waals surface area contributed by atoms with Gasteiger partial charge in [0.05, 0.1) is 12.2 Å². The number of aliphatic hydroxyl groups excluding tert-OH is 2. The Bertz CT molecular complexity index is 1340. The summed E-state index contributed by atoms with van der Waals surface area (Å²) in [5.74, 6) is -5.64. The van der Waals surface area contributed by atoms with Gasteiger partial charge in [-0.3, -0.25) is 9.59 Å². The quantitative estimate of drug-likeness (QED) is 0.286. The van der Waals surface area contributed by atoms with Crippen LogP contribution in [0.15, 0.2) is 54.1 Å². The number of hydrogen-bond acceptors (Lipinski definition) is 10. The number of carbonyl (C=O) groups is 2. The number of esters is 1. The van der Waals surface area contributed by atoms with Gasteiger partial charge in [0.1, 0.15) is 30.0 Å². The highest BCUT2D eigenvalue weighted by atomic mass is 16.9. The van der Waals surface area contributed by atoms with Gasteiger partial charge in [-0.05, 0) is 25.0 Å². The second-order valence-corrected chi connectivity index (χ2v) is 12.0. The standard InChI is InChI=1S/C29H32O10/c1-13(2)27-21(35-16(5)31)15(4)28-18-11-14(3)20(32)26(18,34)24(33)25(12-30)22(36-25)19(28)23(27)37-29(38-27,39-28)17-9-7-6-8-10-17/h6-11,15,18-19,21-24,30,33-34H,1,12H2,2-5H3/t15-,18?,19+,21-,22+,23-,24-,25+,26-,27+,28+,29-/m1/s1. The van der Waals surface area contributed by atoms with Crippen LogP contribution in [-0.4, -0.2) is 80.5 Å². The third-order valence-electron chi connectivity index (χ3n) is 10.2. The van der Waals surface area contributed by atoms with Crippen LogP contribution < -0.4 is 0 Å². The van der Waals surface area contributed by atoms with Gasteiger partial charge in [0.15, 0.2) is 17.0 Å². The molecule has 0 spiro atoms. The van der Waals surface area contributed by atoms with E-state index in [2.05, 4.69) is 6.58 Å². The molecule has 3 N–H and O–H groups in total. The molecule has 1 unspecified atom stereocenters. The lowest BCUT2D eigenvalue weighted by Gasteiger charge is -2.61. The van der Waals surface area contributed by atoms with E-state index in [9.17, 15) is 24.9 Å². The topological polar surface area (TPSA) is 144 Å². The highest BCUT2D eigenvalue weighted by Crippen LogP contribution is 2.74. The molecule has 0 aromatic heterocycles. The van der Waals surface area contributed by atoms with Crippen molar-refractivity contribution in [3.8, 4) is 0 Å². The van der Waals surface area contributed by atoms with E-state index in [1.54, 1.807) is 44.2 Å². The number of rotatable bonds is 4. The Kier molecular flexibility index (Phi) is 4.87. The number of ether oxygens (including phenoxy) is 5. The van der Waals surface area contributed by atoms with Gasteiger partial charge in [0.2, 0.25) is 0 Å². The van der Waals surface area contributed by atoms with Crippen molar-refractivity contribution in [2.75, 3.05) is 6.61 Å². The van der Waals surface area contributed by atoms with Gasteiger partial charge in [-0.25, -0.2) is 0 Å². The molecular formula is C29H32O10. The molecule has 10 heteroatoms. The first-order valence-electron chi connectivity index (χ1n) is 13.3. The number of hydrogen-bond donors (Lipinski definition) is 3. The highest BCUT2D eigenvalue weighted by Gasteiger charge is 2.90. The van der Waals surface area contributed by atoms with Gasteiger partial charge in [-0.2, -0.15) is 0 Å². The van der Waals surface area contributed by atoms with E-state index >= 15 is 0 Å². The van der Waals surface area contributed by atoms with Crippen LogP contribution >= 0.6 is 0 Å². The van der Waals surface area contributed by atoms with Crippen LogP contribution in [0.2, 0.25) is 0 Å². The monoisotopic (exact) mass is 540 g/mol. The molecule has 1 aromatic rings. The molecular weight excluding hydrogens is 508 g/mol. The van der Waals surface area contributed by atoms with E-state index in [0.29, 0.717) is 11.1 Å². The van der Waals surface area contributed by atoms with Crippen molar-refractivity contribution in [1.29, 1.82) is 0 Å². The first-order chi connectivity index (χ1) is 18.4. The third kappa shape index (κ3) is 2.58. The summed E-state index contributed by atoms with van der Waals surface area (Å²) in [6.07, 6.45) is -2.91. The molecule has 3 bridgehead atoms. The van der Waals surface area contributed by atoms with Crippen LogP contribution in [0.25, 0.3) is 0 Å². The minimum absolute atomic E-state index is 0.243. The summed E-state index contributed by atoms with van der Waals surface area (Å²) in [7, 11) is 0. The number of epoxide rings is 1. The van der Waals surface area contributed by atoms with Crippen molar-refractivity contribution in [2.24, 2.45) is 17.8 Å². The van der Waals surface area contributed by atoms with Gasteiger partial charge in [-0.1, -0.05) is 49.9 Å². The number of fused-ring (bicyclic) bond motifs is 3. The number of carbonyl (C=O) groups excluding carboxylic acids is 2. The van der Waals surface area contributed by atoms with Gasteiger partial charge < -0.3 is 39.0 Å². The number of ketones is 1. The SMILES string of the molecule is C=C(C)[C@@]12O[C@@]3(c4ccccc4)O[C@@H]1[C@@H]1[C@@H]4O[C@]4(CO)[C@@H](O)[C@]4(O)C(=O)C(C)=CC4[C@@]1(O3)[C@H](C)[C@H]2OC(C)=O. The summed E-state index contributed by atoms with van der Waals surface area (Å²) >= 11 is 0. The van der Waals surface area contributed by atoms with Crippen LogP contribution in [0.3, 0.4) is 0 Å². The fourth-order valence-electron chi connectivity index (χ4n) is 8.49. The minimum Gasteiger partial charge on any atom is -0.459 e. The second kappa shape index (κ2) is 7.44. The van der Waals surface area contributed by atoms with E-state index in [4.69, 9.17) is 23.7 Å². The Labute approximate surface area is 225 Å². The van der Waals surface area contributed by atoms with E-state index in [0.717, 1.165) is 0 Å². The van der Waals surface area contributed by atoms with E-state index in [-0.39, 0.29) is 5.57 Å². The van der Waals surface area contributed by atoms with Crippen LogP contribution in [0.1, 0.15) is 33.3 Å². The van der Waals surface area contributed by atoms with Crippen molar-refractivity contribution < 1.29 is 48.6 Å². The van der Waals surface area contributed by atoms with Gasteiger partial charge >= 0.3 is 11.9 Å². The molecule has 3 aliphatic heterocycles. The predicted octanol–water partition coefficient (Wildman–Crippen LogP) is 0.874. The summed E-state index contributed by atoms with van der Waals surface area (Å²) in [6.45, 7) is 10.0. The van der Waals surface area contributed by atoms with Crippen molar-refractivity contribution in [3.63, 3.8) is 0 Å². The Morgan fingerprint density at radius 3 is 2.44 bits per heavy atom. The molecule has 10 nitrogen and oxygen atoms in total. The molecule has 0 radical (unpaired) electrons. The largest absolute Gasteiger partial charge is 0.459 e. The zero-order valence-corrected chi connectivity index (χ0v) is 22.1. The highest BCUT2D eigenvalue weighted by molar-refractivity contribution is 6.05. The summed E-state index contributed by atoms with van der Waals surface area (Å²) in [5, 5.41) is 34.4. The molecule has 39 heavy (non-hydrogen) atoms. The normalized spacial score (nSPS) is 52.3. The molecule has 0 amide bonds. The Morgan fingerprint density at radius 1 is 1.13 bits per heavy atom. The first kappa shape index (κ1) is 25.5. The van der Waals surface area contributed by atoms with Gasteiger partial charge in [0, 0.05) is 30.2 Å². The molecule has 1 aromatic carbocycles. The summed E-state index contributed by atoms with van der Waals surface area (Å²) in [6, 6.07) is 8.99. The fraction of sp³-hybridized carbons (Fsp3) is 0.586. The molecule has 208 valence electrons. The average molecular weight is 541 g/mol. The Balaban J connectivity index is 1.57. The molecule has 3 saturated heterocycles. The summed E-state index contributed by atoms with van der Waals surface area (Å²) in [4.78, 5) is 26.1. The van der Waals surface area contributed by atoms with Crippen molar-refractivity contribution in [2.45, 2.75) is 80.5 Å². The first-order valence-corrected chi connectivity index (χ1v) is 13.3. The van der Waals surface area contributed by atoms with Crippen molar-refractivity contribution in [1.82, 2.24) is 0 Å². The number of aliphatic hydroxyl groups is 3. The lowest BCUT2D eigenvalue weighted by atomic mass is 9.53. The van der Waals surface area contributed by atoms with Crippen LogP contribution in [-0.2, 0) is 39.2 Å². The third-order valence-corrected chi connectivity index (χ3v) is 10.2. The number of Topliss-reactive ketones (excluding diaryl/α,β-unsaturated/α-hetero) is 1. The minimum atomic E-state index is -2.39. The number of benzene rings is 1. The molecule has 2 saturated carbocycles. The van der Waals surface area contributed by atoms with Crippen molar-refractivity contribution in [3.05, 3.63) is 59.7 Å². The van der Waals surface area contributed by atoms with Gasteiger partial charge in [-0.15, -0.1) is 0 Å². The maximum absolute atomic E-state index is 13.6. The summed E-state index contributed by atoms with van der Waals surface area (Å²) in [5.41, 5.74) is -5.65. The van der Waals surface area contributed by atoms with Crippen LogP contribution in [0.4, 0.5) is 0 Å². The maximum atomic E-state index is 13.6. The van der Waals surface area contributed by atoms with E-state index in [1.165, 1.54) is 6.92 Å². The zero-order chi connectivity index (χ0) is 27.9. The molecule has 7 rings (SSSR count). The lowest BCUT2D eigenvalue weighted by molar-refractivity contribution is -0.440. The average Bonchev–Trinajstić information content (AvgIpc) is 3.53. The van der Waals surface area contributed by atoms with Crippen LogP contribution in [0, 0.1) is 17.8 Å². The van der Waals surface area contributed by atoms with E-state index in [1.807, 2.05) is 13.0 Å². The molecule has 5 fully saturated rings. The Morgan fingerprint density at radius 2 is 1.82 bits per heavy atom. The van der Waals surface area contributed by atoms with Gasteiger partial charge in [0.25, 0.3) is 0 Å². The lowest BCUT2D eigenvalue weighted by Crippen LogP contribution is -2.76. The Hall–Kier alpha value is -2.44. The molecule has 3 aliphatic carbocycles. The van der Waals surface area contributed by atoms with Crippen molar-refractivity contribution >= 4 is 11.8 Å². The summed E-state index contributed by atoms with van der Waals surface area (Å²) < 4.78 is 32.6. The second-order valence-electron chi connectivity index (χ2n) is 12.0. The maximum Gasteiger partial charge on any atom is 0.314 e. The fourth-order valence-corrected chi connectivity index (χ4v) is 8.49. The molecule has 6 aliphatic rings. The predicted molar refractivity (Wildman–Crippen MR) is 132 cm³/mol. The van der Waals surface area contributed by atoms with Crippen LogP contribution in [0.5, 0.6) is 0 Å².